The SMILES string of the molecule is CC(CNC1CC1)CN1CCCc2ccccc2C1. The van der Waals surface area contributed by atoms with Gasteiger partial charge in [-0.05, 0) is 55.8 Å². The molecule has 104 valence electrons. The molecule has 0 spiro atoms. The summed E-state index contributed by atoms with van der Waals surface area (Å²) in [5.41, 5.74) is 3.11. The molecule has 2 heteroatoms. The summed E-state index contributed by atoms with van der Waals surface area (Å²) in [5.74, 6) is 0.755. The summed E-state index contributed by atoms with van der Waals surface area (Å²) >= 11 is 0. The maximum Gasteiger partial charge on any atom is 0.0236 e. The van der Waals surface area contributed by atoms with E-state index in [-0.39, 0.29) is 0 Å². The van der Waals surface area contributed by atoms with Gasteiger partial charge in [0.15, 0.2) is 0 Å². The average molecular weight is 258 g/mol. The van der Waals surface area contributed by atoms with Gasteiger partial charge < -0.3 is 5.32 Å². The van der Waals surface area contributed by atoms with Gasteiger partial charge in [0.05, 0.1) is 0 Å². The van der Waals surface area contributed by atoms with Gasteiger partial charge >= 0.3 is 0 Å². The van der Waals surface area contributed by atoms with Crippen LogP contribution in [0.4, 0.5) is 0 Å². The summed E-state index contributed by atoms with van der Waals surface area (Å²) in [6, 6.07) is 9.81. The fourth-order valence-corrected chi connectivity index (χ4v) is 3.09. The van der Waals surface area contributed by atoms with Crippen molar-refractivity contribution in [1.29, 1.82) is 0 Å². The van der Waals surface area contributed by atoms with E-state index in [1.54, 1.807) is 11.1 Å². The number of nitrogens with one attached hydrogen (secondary N) is 1. The molecule has 1 fully saturated rings. The van der Waals surface area contributed by atoms with Crippen molar-refractivity contribution in [3.8, 4) is 0 Å². The highest BCUT2D eigenvalue weighted by Gasteiger charge is 2.22. The minimum atomic E-state index is 0.755. The smallest absolute Gasteiger partial charge is 0.0236 e. The van der Waals surface area contributed by atoms with Crippen LogP contribution >= 0.6 is 0 Å². The summed E-state index contributed by atoms with van der Waals surface area (Å²) < 4.78 is 0. The third-order valence-electron chi connectivity index (χ3n) is 4.34. The van der Waals surface area contributed by atoms with Crippen LogP contribution in [0.1, 0.15) is 37.3 Å². The molecule has 0 bridgehead atoms. The van der Waals surface area contributed by atoms with Gasteiger partial charge in [0.25, 0.3) is 0 Å². The molecule has 1 atom stereocenters. The molecule has 1 aromatic carbocycles. The molecule has 1 heterocycles. The normalized spacial score (nSPS) is 21.7. The van der Waals surface area contributed by atoms with Gasteiger partial charge in [-0.3, -0.25) is 4.90 Å². The first-order valence-corrected chi connectivity index (χ1v) is 7.84. The monoisotopic (exact) mass is 258 g/mol. The molecule has 19 heavy (non-hydrogen) atoms. The van der Waals surface area contributed by atoms with Crippen LogP contribution in [0, 0.1) is 5.92 Å². The third-order valence-corrected chi connectivity index (χ3v) is 4.34. The molecule has 0 aromatic heterocycles. The largest absolute Gasteiger partial charge is 0.314 e. The van der Waals surface area contributed by atoms with Gasteiger partial charge in [-0.2, -0.15) is 0 Å². The van der Waals surface area contributed by atoms with Crippen LogP contribution in [-0.4, -0.2) is 30.6 Å². The lowest BCUT2D eigenvalue weighted by atomic mass is 10.0. The van der Waals surface area contributed by atoms with E-state index in [0.717, 1.165) is 18.5 Å². The first-order valence-electron chi connectivity index (χ1n) is 7.84. The maximum atomic E-state index is 3.65. The minimum Gasteiger partial charge on any atom is -0.314 e. The van der Waals surface area contributed by atoms with Crippen LogP contribution in [-0.2, 0) is 13.0 Å². The van der Waals surface area contributed by atoms with E-state index in [0.29, 0.717) is 0 Å². The van der Waals surface area contributed by atoms with Gasteiger partial charge in [0.2, 0.25) is 0 Å². The lowest BCUT2D eigenvalue weighted by Gasteiger charge is -2.24. The molecular formula is C17H26N2. The Morgan fingerprint density at radius 1 is 1.26 bits per heavy atom. The Kier molecular flexibility index (Phi) is 4.19. The van der Waals surface area contributed by atoms with Crippen LogP contribution in [0.5, 0.6) is 0 Å². The topological polar surface area (TPSA) is 15.3 Å². The molecule has 1 N–H and O–H groups in total. The second kappa shape index (κ2) is 6.06. The molecule has 1 aromatic rings. The molecule has 1 aliphatic carbocycles. The Bertz CT molecular complexity index is 411. The van der Waals surface area contributed by atoms with Crippen LogP contribution in [0.3, 0.4) is 0 Å². The minimum absolute atomic E-state index is 0.755. The molecule has 0 radical (unpaired) electrons. The first-order chi connectivity index (χ1) is 9.31. The van der Waals surface area contributed by atoms with Crippen LogP contribution in [0.25, 0.3) is 0 Å². The lowest BCUT2D eigenvalue weighted by molar-refractivity contribution is 0.229. The molecule has 1 saturated carbocycles. The van der Waals surface area contributed by atoms with Crippen molar-refractivity contribution in [2.45, 2.75) is 45.2 Å². The van der Waals surface area contributed by atoms with Gasteiger partial charge in [-0.15, -0.1) is 0 Å². The summed E-state index contributed by atoms with van der Waals surface area (Å²) in [7, 11) is 0. The third kappa shape index (κ3) is 3.80. The Morgan fingerprint density at radius 3 is 2.84 bits per heavy atom. The van der Waals surface area contributed by atoms with Crippen molar-refractivity contribution in [1.82, 2.24) is 10.2 Å². The number of nitrogens with zero attached hydrogens (tertiary/aromatic N) is 1. The Labute approximate surface area is 117 Å². The van der Waals surface area contributed by atoms with E-state index in [1.165, 1.54) is 45.3 Å². The van der Waals surface area contributed by atoms with Gasteiger partial charge in [-0.25, -0.2) is 0 Å². The van der Waals surface area contributed by atoms with Crippen molar-refractivity contribution < 1.29 is 0 Å². The second-order valence-electron chi connectivity index (χ2n) is 6.40. The Balaban J connectivity index is 1.53. The summed E-state index contributed by atoms with van der Waals surface area (Å²) in [6.07, 6.45) is 5.34. The van der Waals surface area contributed by atoms with E-state index >= 15 is 0 Å². The Morgan fingerprint density at radius 2 is 2.05 bits per heavy atom. The highest BCUT2D eigenvalue weighted by molar-refractivity contribution is 5.27. The summed E-state index contributed by atoms with van der Waals surface area (Å²) in [5, 5.41) is 3.65. The molecule has 0 amide bonds. The number of fused-ring (bicyclic) bond motifs is 1. The lowest BCUT2D eigenvalue weighted by Crippen LogP contribution is -2.34. The molecule has 2 nitrogen and oxygen atoms in total. The molecule has 2 aliphatic rings. The quantitative estimate of drug-likeness (QED) is 0.873. The van der Waals surface area contributed by atoms with E-state index in [9.17, 15) is 0 Å². The highest BCUT2D eigenvalue weighted by Crippen LogP contribution is 2.20. The van der Waals surface area contributed by atoms with Crippen LogP contribution in [0.2, 0.25) is 0 Å². The fourth-order valence-electron chi connectivity index (χ4n) is 3.09. The average Bonchev–Trinajstić information content (AvgIpc) is 3.23. The molecule has 3 rings (SSSR count). The highest BCUT2D eigenvalue weighted by atomic mass is 15.1. The van der Waals surface area contributed by atoms with E-state index in [1.807, 2.05) is 0 Å². The first kappa shape index (κ1) is 13.1. The number of hydrogen-bond acceptors (Lipinski definition) is 2. The second-order valence-corrected chi connectivity index (χ2v) is 6.40. The number of hydrogen-bond donors (Lipinski definition) is 1. The van der Waals surface area contributed by atoms with Crippen molar-refractivity contribution in [3.63, 3.8) is 0 Å². The van der Waals surface area contributed by atoms with Crippen molar-refractivity contribution >= 4 is 0 Å². The summed E-state index contributed by atoms with van der Waals surface area (Å²) in [6.45, 7) is 7.19. The van der Waals surface area contributed by atoms with Crippen LogP contribution in [0.15, 0.2) is 24.3 Å². The molecule has 1 aliphatic heterocycles. The van der Waals surface area contributed by atoms with Gasteiger partial charge in [0, 0.05) is 19.1 Å². The number of benzene rings is 1. The zero-order chi connectivity index (χ0) is 13.1. The number of rotatable bonds is 5. The molecular weight excluding hydrogens is 232 g/mol. The molecule has 0 saturated heterocycles. The number of aryl methyl sites for hydroxylation is 1. The van der Waals surface area contributed by atoms with Crippen molar-refractivity contribution in [3.05, 3.63) is 35.4 Å². The maximum absolute atomic E-state index is 3.65. The van der Waals surface area contributed by atoms with Crippen molar-refractivity contribution in [2.75, 3.05) is 19.6 Å². The van der Waals surface area contributed by atoms with Gasteiger partial charge in [-0.1, -0.05) is 31.2 Å². The van der Waals surface area contributed by atoms with E-state index in [2.05, 4.69) is 41.4 Å². The van der Waals surface area contributed by atoms with Crippen molar-refractivity contribution in [2.24, 2.45) is 5.92 Å². The molecule has 1 unspecified atom stereocenters. The predicted octanol–water partition coefficient (Wildman–Crippen LogP) is 2.82. The zero-order valence-corrected chi connectivity index (χ0v) is 12.1. The van der Waals surface area contributed by atoms with E-state index < -0.39 is 0 Å². The van der Waals surface area contributed by atoms with Gasteiger partial charge in [0.1, 0.15) is 0 Å². The fraction of sp³-hybridized carbons (Fsp3) is 0.647. The predicted molar refractivity (Wildman–Crippen MR) is 80.2 cm³/mol. The Hall–Kier alpha value is -0.860. The van der Waals surface area contributed by atoms with Crippen LogP contribution < -0.4 is 5.32 Å². The summed E-state index contributed by atoms with van der Waals surface area (Å²) in [4.78, 5) is 2.64. The standard InChI is InChI=1S/C17H26N2/c1-14(11-18-17-8-9-17)12-19-10-4-7-15-5-2-3-6-16(15)13-19/h2-3,5-6,14,17-18H,4,7-13H2,1H3. The zero-order valence-electron chi connectivity index (χ0n) is 12.1. The van der Waals surface area contributed by atoms with E-state index in [4.69, 9.17) is 0 Å².